The van der Waals surface area contributed by atoms with Gasteiger partial charge in [-0.2, -0.15) is 5.10 Å². The van der Waals surface area contributed by atoms with Crippen molar-refractivity contribution in [2.75, 3.05) is 12.0 Å². The summed E-state index contributed by atoms with van der Waals surface area (Å²) in [7, 11) is 0. The number of amidine groups is 1. The summed E-state index contributed by atoms with van der Waals surface area (Å²) in [5.41, 5.74) is 6.35. The third-order valence-electron chi connectivity index (χ3n) is 3.57. The fourth-order valence-electron chi connectivity index (χ4n) is 2.40. The van der Waals surface area contributed by atoms with Crippen LogP contribution in [-0.4, -0.2) is 50.8 Å². The fraction of sp³-hybridized carbons (Fsp3) is 0.533. The molecule has 0 spiro atoms. The summed E-state index contributed by atoms with van der Waals surface area (Å²) in [6.07, 6.45) is -1.000. The van der Waals surface area contributed by atoms with E-state index < -0.39 is 64.7 Å². The first-order valence-corrected chi connectivity index (χ1v) is 8.05. The molecule has 0 aromatic carbocycles. The van der Waals surface area contributed by atoms with Gasteiger partial charge in [-0.15, -0.1) is 0 Å². The summed E-state index contributed by atoms with van der Waals surface area (Å²) in [6.45, 7) is 3.83. The second-order valence-corrected chi connectivity index (χ2v) is 7.11. The van der Waals surface area contributed by atoms with Gasteiger partial charge in [0, 0.05) is 6.42 Å². The zero-order chi connectivity index (χ0) is 21.3. The highest BCUT2D eigenvalue weighted by molar-refractivity contribution is 5.90. The SMILES string of the molecule is CC(C)(C)OC(=O)N1CC(F)(F)CC1/C(N)=N/Nc1ncc([N+](=O)[O-])cc1F. The number of nitrogens with one attached hydrogen (secondary N) is 1. The number of nitrogens with two attached hydrogens (primary N) is 1. The Hall–Kier alpha value is -3.12. The van der Waals surface area contributed by atoms with E-state index >= 15 is 0 Å². The first-order chi connectivity index (χ1) is 12.8. The molecule has 1 atom stereocenters. The number of alkyl halides is 2. The van der Waals surface area contributed by atoms with Crippen LogP contribution in [0.15, 0.2) is 17.4 Å². The number of amides is 1. The van der Waals surface area contributed by atoms with Crippen LogP contribution in [0.2, 0.25) is 0 Å². The molecule has 154 valence electrons. The quantitative estimate of drug-likeness (QED) is 0.340. The maximum atomic E-state index is 13.8. The van der Waals surface area contributed by atoms with E-state index in [0.29, 0.717) is 6.07 Å². The molecular weight excluding hydrogens is 385 g/mol. The number of aromatic nitrogens is 1. The van der Waals surface area contributed by atoms with E-state index in [1.807, 2.05) is 0 Å². The molecule has 0 aliphatic carbocycles. The number of likely N-dealkylation sites (tertiary alicyclic amines) is 1. The minimum atomic E-state index is -3.21. The van der Waals surface area contributed by atoms with Gasteiger partial charge in [-0.3, -0.25) is 20.4 Å². The van der Waals surface area contributed by atoms with Crippen LogP contribution in [-0.2, 0) is 4.74 Å². The number of carbonyl (C=O) groups is 1. The molecule has 1 aromatic rings. The van der Waals surface area contributed by atoms with Gasteiger partial charge in [0.2, 0.25) is 0 Å². The lowest BCUT2D eigenvalue weighted by Gasteiger charge is -2.27. The number of hydrazone groups is 1. The van der Waals surface area contributed by atoms with Crippen molar-refractivity contribution in [1.29, 1.82) is 0 Å². The highest BCUT2D eigenvalue weighted by atomic mass is 19.3. The van der Waals surface area contributed by atoms with Crippen molar-refractivity contribution in [3.63, 3.8) is 0 Å². The maximum absolute atomic E-state index is 13.8. The van der Waals surface area contributed by atoms with Gasteiger partial charge in [-0.25, -0.2) is 22.9 Å². The molecular formula is C15H19F3N6O4. The summed E-state index contributed by atoms with van der Waals surface area (Å²) >= 11 is 0. The van der Waals surface area contributed by atoms with Gasteiger partial charge in [0.1, 0.15) is 23.7 Å². The molecule has 1 aliphatic heterocycles. The van der Waals surface area contributed by atoms with Crippen molar-refractivity contribution in [3.8, 4) is 0 Å². The van der Waals surface area contributed by atoms with E-state index in [4.69, 9.17) is 10.5 Å². The second-order valence-electron chi connectivity index (χ2n) is 7.11. The molecule has 1 aromatic heterocycles. The Morgan fingerprint density at radius 3 is 2.71 bits per heavy atom. The first kappa shape index (κ1) is 21.2. The normalized spacial score (nSPS) is 19.4. The number of nitrogens with zero attached hydrogens (tertiary/aromatic N) is 4. The smallest absolute Gasteiger partial charge is 0.411 e. The number of anilines is 1. The summed E-state index contributed by atoms with van der Waals surface area (Å²) in [4.78, 5) is 26.2. The fourth-order valence-corrected chi connectivity index (χ4v) is 2.40. The predicted octanol–water partition coefficient (Wildman–Crippen LogP) is 2.46. The molecule has 1 aliphatic rings. The van der Waals surface area contributed by atoms with Crippen LogP contribution in [0, 0.1) is 15.9 Å². The molecule has 1 fully saturated rings. The molecule has 0 radical (unpaired) electrons. The number of hydrogen-bond donors (Lipinski definition) is 2. The molecule has 13 heteroatoms. The van der Waals surface area contributed by atoms with Crippen molar-refractivity contribution in [1.82, 2.24) is 9.88 Å². The van der Waals surface area contributed by atoms with Gasteiger partial charge in [-0.1, -0.05) is 0 Å². The van der Waals surface area contributed by atoms with Crippen molar-refractivity contribution >= 4 is 23.4 Å². The zero-order valence-corrected chi connectivity index (χ0v) is 15.3. The molecule has 2 heterocycles. The Morgan fingerprint density at radius 2 is 2.18 bits per heavy atom. The Bertz CT molecular complexity index is 811. The summed E-state index contributed by atoms with van der Waals surface area (Å²) in [5, 5.41) is 14.2. The first-order valence-electron chi connectivity index (χ1n) is 8.05. The van der Waals surface area contributed by atoms with E-state index in [2.05, 4.69) is 15.5 Å². The van der Waals surface area contributed by atoms with Gasteiger partial charge in [0.15, 0.2) is 11.6 Å². The predicted molar refractivity (Wildman–Crippen MR) is 92.4 cm³/mol. The number of pyridine rings is 1. The van der Waals surface area contributed by atoms with Crippen molar-refractivity contribution in [2.24, 2.45) is 10.8 Å². The zero-order valence-electron chi connectivity index (χ0n) is 15.3. The molecule has 10 nitrogen and oxygen atoms in total. The molecule has 1 unspecified atom stereocenters. The van der Waals surface area contributed by atoms with Crippen LogP contribution in [0.4, 0.5) is 29.5 Å². The van der Waals surface area contributed by atoms with Crippen molar-refractivity contribution in [2.45, 2.75) is 44.8 Å². The summed E-state index contributed by atoms with van der Waals surface area (Å²) in [5.74, 6) is -5.23. The van der Waals surface area contributed by atoms with Crippen LogP contribution < -0.4 is 11.2 Å². The van der Waals surface area contributed by atoms with Gasteiger partial charge in [-0.05, 0) is 20.8 Å². The molecule has 2 rings (SSSR count). The van der Waals surface area contributed by atoms with Crippen LogP contribution in [0.25, 0.3) is 0 Å². The van der Waals surface area contributed by atoms with E-state index in [1.54, 1.807) is 20.8 Å². The average Bonchev–Trinajstić information content (AvgIpc) is 2.87. The van der Waals surface area contributed by atoms with E-state index in [9.17, 15) is 28.1 Å². The van der Waals surface area contributed by atoms with E-state index in [0.717, 1.165) is 11.1 Å². The number of rotatable bonds is 4. The Kier molecular flexibility index (Phi) is 5.66. The van der Waals surface area contributed by atoms with Crippen LogP contribution >= 0.6 is 0 Å². The number of carbonyl (C=O) groups excluding carboxylic acids is 1. The van der Waals surface area contributed by atoms with Crippen LogP contribution in [0.3, 0.4) is 0 Å². The Labute approximate surface area is 157 Å². The van der Waals surface area contributed by atoms with Gasteiger partial charge in [0.05, 0.1) is 17.5 Å². The Balaban J connectivity index is 2.19. The third kappa shape index (κ3) is 5.20. The minimum Gasteiger partial charge on any atom is -0.444 e. The van der Waals surface area contributed by atoms with E-state index in [-0.39, 0.29) is 0 Å². The number of hydrogen-bond acceptors (Lipinski definition) is 7. The average molecular weight is 404 g/mol. The highest BCUT2D eigenvalue weighted by Gasteiger charge is 2.49. The number of halogens is 3. The molecule has 28 heavy (non-hydrogen) atoms. The van der Waals surface area contributed by atoms with Gasteiger partial charge in [0.25, 0.3) is 11.6 Å². The minimum absolute atomic E-state index is 0.428. The molecule has 1 saturated heterocycles. The van der Waals surface area contributed by atoms with Gasteiger partial charge >= 0.3 is 6.09 Å². The topological polar surface area (TPSA) is 136 Å². The lowest BCUT2D eigenvalue weighted by Crippen LogP contribution is -2.46. The Morgan fingerprint density at radius 1 is 1.54 bits per heavy atom. The largest absolute Gasteiger partial charge is 0.444 e. The lowest BCUT2D eigenvalue weighted by atomic mass is 10.2. The lowest BCUT2D eigenvalue weighted by molar-refractivity contribution is -0.385. The number of ether oxygens (including phenoxy) is 1. The van der Waals surface area contributed by atoms with Crippen molar-refractivity contribution in [3.05, 3.63) is 28.2 Å². The van der Waals surface area contributed by atoms with Crippen LogP contribution in [0.1, 0.15) is 27.2 Å². The molecule has 3 N–H and O–H groups in total. The van der Waals surface area contributed by atoms with Crippen LogP contribution in [0.5, 0.6) is 0 Å². The standard InChI is InChI=1S/C15H19F3N6O4/c1-14(2,3)28-13(25)23-7-15(17,18)5-10(23)11(19)21-22-12-9(16)4-8(6-20-12)24(26)27/h4,6,10H,5,7H2,1-3H3,(H2,19,21)(H,20,22). The second kappa shape index (κ2) is 7.48. The van der Waals surface area contributed by atoms with Gasteiger partial charge < -0.3 is 10.5 Å². The maximum Gasteiger partial charge on any atom is 0.411 e. The summed E-state index contributed by atoms with van der Waals surface area (Å²) in [6, 6.07) is -0.684. The van der Waals surface area contributed by atoms with Crippen molar-refractivity contribution < 1.29 is 27.6 Å². The van der Waals surface area contributed by atoms with E-state index in [1.165, 1.54) is 0 Å². The number of nitro groups is 1. The monoisotopic (exact) mass is 404 g/mol. The molecule has 0 saturated carbocycles. The summed E-state index contributed by atoms with van der Waals surface area (Å²) < 4.78 is 46.6. The highest BCUT2D eigenvalue weighted by Crippen LogP contribution is 2.33. The molecule has 1 amide bonds. The molecule has 0 bridgehead atoms. The third-order valence-corrected chi connectivity index (χ3v) is 3.57.